The number of rotatable bonds is 2. The smallest absolute Gasteiger partial charge is 0.212 e. The number of ketones is 1. The van der Waals surface area contributed by atoms with E-state index in [1.54, 1.807) is 30.1 Å². The summed E-state index contributed by atoms with van der Waals surface area (Å²) in [7, 11) is 1.75. The van der Waals surface area contributed by atoms with Crippen molar-refractivity contribution in [1.29, 1.82) is 0 Å². The van der Waals surface area contributed by atoms with Crippen molar-refractivity contribution >= 4 is 21.7 Å². The van der Waals surface area contributed by atoms with Gasteiger partial charge in [0.2, 0.25) is 5.78 Å². The fourth-order valence-electron chi connectivity index (χ4n) is 1.38. The van der Waals surface area contributed by atoms with Gasteiger partial charge in [-0.05, 0) is 18.2 Å². The van der Waals surface area contributed by atoms with E-state index >= 15 is 0 Å². The molecule has 1 aromatic heterocycles. The van der Waals surface area contributed by atoms with Gasteiger partial charge < -0.3 is 0 Å². The van der Waals surface area contributed by atoms with Gasteiger partial charge >= 0.3 is 0 Å². The highest BCUT2D eigenvalue weighted by Crippen LogP contribution is 2.19. The molecule has 0 amide bonds. The number of halogens is 1. The molecule has 2 rings (SSSR count). The van der Waals surface area contributed by atoms with Crippen LogP contribution in [0.5, 0.6) is 0 Å². The number of carbonyl (C=O) groups is 1. The van der Waals surface area contributed by atoms with Crippen LogP contribution >= 0.6 is 15.9 Å². The predicted molar refractivity (Wildman–Crippen MR) is 60.8 cm³/mol. The molecule has 0 saturated carbocycles. The first-order valence-electron chi connectivity index (χ1n) is 4.47. The minimum absolute atomic E-state index is 0.0255. The Morgan fingerprint density at radius 2 is 2.07 bits per heavy atom. The van der Waals surface area contributed by atoms with Gasteiger partial charge in [-0.25, -0.2) is 0 Å². The van der Waals surface area contributed by atoms with Crippen LogP contribution in [0.2, 0.25) is 0 Å². The summed E-state index contributed by atoms with van der Waals surface area (Å²) in [5, 5.41) is 3.97. The van der Waals surface area contributed by atoms with Crippen LogP contribution in [0.15, 0.2) is 41.0 Å². The Bertz CT molecular complexity index is 505. The average molecular weight is 265 g/mol. The van der Waals surface area contributed by atoms with E-state index < -0.39 is 0 Å². The first-order valence-corrected chi connectivity index (χ1v) is 5.26. The lowest BCUT2D eigenvalue weighted by atomic mass is 10.1. The Kier molecular flexibility index (Phi) is 2.68. The van der Waals surface area contributed by atoms with Gasteiger partial charge in [-0.3, -0.25) is 9.48 Å². The van der Waals surface area contributed by atoms with Crippen LogP contribution < -0.4 is 0 Å². The summed E-state index contributed by atoms with van der Waals surface area (Å²) in [6.45, 7) is 0. The van der Waals surface area contributed by atoms with Gasteiger partial charge in [0.05, 0.1) is 0 Å². The zero-order valence-corrected chi connectivity index (χ0v) is 9.73. The first-order chi connectivity index (χ1) is 7.20. The monoisotopic (exact) mass is 264 g/mol. The Hall–Kier alpha value is -1.42. The quantitative estimate of drug-likeness (QED) is 0.781. The molecule has 76 valence electrons. The van der Waals surface area contributed by atoms with Crippen molar-refractivity contribution < 1.29 is 4.79 Å². The molecular weight excluding hydrogens is 256 g/mol. The summed E-state index contributed by atoms with van der Waals surface area (Å²) in [4.78, 5) is 12.1. The lowest BCUT2D eigenvalue weighted by Gasteiger charge is -2.03. The maximum Gasteiger partial charge on any atom is 0.212 e. The predicted octanol–water partition coefficient (Wildman–Crippen LogP) is 2.41. The van der Waals surface area contributed by atoms with Crippen molar-refractivity contribution in [2.75, 3.05) is 0 Å². The molecule has 0 fully saturated rings. The van der Waals surface area contributed by atoms with Gasteiger partial charge in [0.1, 0.15) is 5.69 Å². The van der Waals surface area contributed by atoms with Crippen LogP contribution in [0.4, 0.5) is 0 Å². The number of aromatic nitrogens is 2. The number of hydrogen-bond donors (Lipinski definition) is 0. The van der Waals surface area contributed by atoms with Crippen molar-refractivity contribution in [3.63, 3.8) is 0 Å². The van der Waals surface area contributed by atoms with E-state index in [1.807, 2.05) is 18.2 Å². The number of nitrogens with zero attached hydrogens (tertiary/aromatic N) is 2. The van der Waals surface area contributed by atoms with Gasteiger partial charge in [0.25, 0.3) is 0 Å². The summed E-state index contributed by atoms with van der Waals surface area (Å²) in [6, 6.07) is 9.07. The molecular formula is C11H9BrN2O. The Morgan fingerprint density at radius 1 is 1.33 bits per heavy atom. The van der Waals surface area contributed by atoms with Crippen molar-refractivity contribution in [3.05, 3.63) is 52.3 Å². The highest BCUT2D eigenvalue weighted by atomic mass is 79.9. The standard InChI is InChI=1S/C11H9BrN2O/c1-14-10(6-7-13-14)11(15)8-4-2-3-5-9(8)12/h2-7H,1H3. The van der Waals surface area contributed by atoms with Gasteiger partial charge in [0, 0.05) is 23.3 Å². The molecule has 0 N–H and O–H groups in total. The second-order valence-corrected chi connectivity index (χ2v) is 4.00. The minimum atomic E-state index is -0.0255. The molecule has 0 radical (unpaired) electrons. The number of aryl methyl sites for hydroxylation is 1. The molecule has 0 unspecified atom stereocenters. The second-order valence-electron chi connectivity index (χ2n) is 3.15. The van der Waals surface area contributed by atoms with E-state index in [-0.39, 0.29) is 5.78 Å². The molecule has 4 heteroatoms. The lowest BCUT2D eigenvalue weighted by Crippen LogP contribution is -2.08. The van der Waals surface area contributed by atoms with Gasteiger partial charge in [-0.15, -0.1) is 0 Å². The average Bonchev–Trinajstić information content (AvgIpc) is 2.64. The highest BCUT2D eigenvalue weighted by Gasteiger charge is 2.14. The third-order valence-corrected chi connectivity index (χ3v) is 2.86. The SMILES string of the molecule is Cn1nccc1C(=O)c1ccccc1Br. The van der Waals surface area contributed by atoms with Crippen LogP contribution in [0.25, 0.3) is 0 Å². The van der Waals surface area contributed by atoms with Gasteiger partial charge in [-0.1, -0.05) is 28.1 Å². The van der Waals surface area contributed by atoms with E-state index in [0.29, 0.717) is 11.3 Å². The van der Waals surface area contributed by atoms with Crippen molar-refractivity contribution in [3.8, 4) is 0 Å². The fourth-order valence-corrected chi connectivity index (χ4v) is 1.84. The second kappa shape index (κ2) is 3.98. The topological polar surface area (TPSA) is 34.9 Å². The van der Waals surface area contributed by atoms with E-state index in [0.717, 1.165) is 4.47 Å². The van der Waals surface area contributed by atoms with Crippen LogP contribution in [0.1, 0.15) is 16.1 Å². The van der Waals surface area contributed by atoms with E-state index in [4.69, 9.17) is 0 Å². The first kappa shape index (κ1) is 10.1. The largest absolute Gasteiger partial charge is 0.287 e. The number of carbonyl (C=O) groups excluding carboxylic acids is 1. The highest BCUT2D eigenvalue weighted by molar-refractivity contribution is 9.10. The van der Waals surface area contributed by atoms with Crippen molar-refractivity contribution in [1.82, 2.24) is 9.78 Å². The summed E-state index contributed by atoms with van der Waals surface area (Å²) >= 11 is 3.36. The van der Waals surface area contributed by atoms with Crippen molar-refractivity contribution in [2.24, 2.45) is 7.05 Å². The molecule has 0 atom stereocenters. The summed E-state index contributed by atoms with van der Waals surface area (Å²) < 4.78 is 2.37. The van der Waals surface area contributed by atoms with E-state index in [1.165, 1.54) is 0 Å². The minimum Gasteiger partial charge on any atom is -0.287 e. The number of hydrogen-bond acceptors (Lipinski definition) is 2. The summed E-state index contributed by atoms with van der Waals surface area (Å²) in [5.41, 5.74) is 1.24. The normalized spacial score (nSPS) is 10.3. The molecule has 0 saturated heterocycles. The van der Waals surface area contributed by atoms with Crippen LogP contribution in [0.3, 0.4) is 0 Å². The molecule has 0 aliphatic rings. The molecule has 15 heavy (non-hydrogen) atoms. The number of benzene rings is 1. The van der Waals surface area contributed by atoms with Crippen LogP contribution in [-0.4, -0.2) is 15.6 Å². The molecule has 1 aromatic carbocycles. The maximum atomic E-state index is 12.1. The van der Waals surface area contributed by atoms with Gasteiger partial charge in [-0.2, -0.15) is 5.10 Å². The molecule has 2 aromatic rings. The molecule has 3 nitrogen and oxygen atoms in total. The zero-order chi connectivity index (χ0) is 10.8. The summed E-state index contributed by atoms with van der Waals surface area (Å²) in [5.74, 6) is -0.0255. The van der Waals surface area contributed by atoms with Gasteiger partial charge in [0.15, 0.2) is 0 Å². The Balaban J connectivity index is 2.46. The maximum absolute atomic E-state index is 12.1. The summed E-state index contributed by atoms with van der Waals surface area (Å²) in [6.07, 6.45) is 1.62. The van der Waals surface area contributed by atoms with Crippen LogP contribution in [-0.2, 0) is 7.05 Å². The van der Waals surface area contributed by atoms with Crippen LogP contribution in [0, 0.1) is 0 Å². The lowest BCUT2D eigenvalue weighted by molar-refractivity contribution is 0.102. The fraction of sp³-hybridized carbons (Fsp3) is 0.0909. The van der Waals surface area contributed by atoms with Crippen molar-refractivity contribution in [2.45, 2.75) is 0 Å². The Labute approximate surface area is 95.9 Å². The van der Waals surface area contributed by atoms with E-state index in [2.05, 4.69) is 21.0 Å². The zero-order valence-electron chi connectivity index (χ0n) is 8.14. The molecule has 0 aliphatic carbocycles. The molecule has 1 heterocycles. The molecule has 0 bridgehead atoms. The molecule has 0 aliphatic heterocycles. The molecule has 0 spiro atoms. The third kappa shape index (κ3) is 1.85. The van der Waals surface area contributed by atoms with E-state index in [9.17, 15) is 4.79 Å². The third-order valence-electron chi connectivity index (χ3n) is 2.17. The Morgan fingerprint density at radius 3 is 2.67 bits per heavy atom.